The molecule has 2 heterocycles. The Hall–Kier alpha value is -2.69. The molecule has 5 nitrogen and oxygen atoms in total. The van der Waals surface area contributed by atoms with Gasteiger partial charge in [-0.3, -0.25) is 14.6 Å². The van der Waals surface area contributed by atoms with Gasteiger partial charge in [0.1, 0.15) is 0 Å². The number of hydrogen-bond donors (Lipinski definition) is 1. The van der Waals surface area contributed by atoms with Crippen LogP contribution in [-0.4, -0.2) is 27.7 Å². The van der Waals surface area contributed by atoms with Gasteiger partial charge in [0.05, 0.1) is 24.7 Å². The first-order valence-corrected chi connectivity index (χ1v) is 9.81. The van der Waals surface area contributed by atoms with Crippen molar-refractivity contribution in [1.29, 1.82) is 0 Å². The number of carbonyl (C=O) groups excluding carboxylic acids is 2. The van der Waals surface area contributed by atoms with Crippen molar-refractivity contribution in [3.8, 4) is 0 Å². The Kier molecular flexibility index (Phi) is 5.19. The molecule has 1 aromatic carbocycles. The Balaban J connectivity index is 1.53. The number of fused-ring (bicyclic) bond motifs is 1. The van der Waals surface area contributed by atoms with Crippen molar-refractivity contribution in [2.45, 2.75) is 57.2 Å². The second kappa shape index (κ2) is 7.91. The highest BCUT2D eigenvalue weighted by atomic mass is 16.2. The minimum atomic E-state index is -0.240. The predicted octanol–water partition coefficient (Wildman–Crippen LogP) is 3.62. The highest BCUT2D eigenvalue weighted by Crippen LogP contribution is 2.30. The van der Waals surface area contributed by atoms with E-state index in [1.165, 1.54) is 19.3 Å². The van der Waals surface area contributed by atoms with E-state index >= 15 is 0 Å². The molecule has 1 aliphatic heterocycles. The fourth-order valence-electron chi connectivity index (χ4n) is 4.25. The van der Waals surface area contributed by atoms with Gasteiger partial charge < -0.3 is 10.2 Å². The summed E-state index contributed by atoms with van der Waals surface area (Å²) in [6, 6.07) is 13.4. The number of nitrogens with zero attached hydrogens (tertiary/aromatic N) is 2. The normalized spacial score (nSPS) is 19.4. The maximum Gasteiger partial charge on any atom is 0.252 e. The SMILES string of the molecule is O=C1NC(CC(=O)N(Cc2ccccn2)C2CCCCC2)c2ccccc21. The lowest BCUT2D eigenvalue weighted by atomic mass is 9.93. The molecule has 1 aromatic heterocycles. The number of hydrogen-bond acceptors (Lipinski definition) is 3. The molecule has 5 heteroatoms. The van der Waals surface area contributed by atoms with Crippen LogP contribution >= 0.6 is 0 Å². The molecule has 140 valence electrons. The van der Waals surface area contributed by atoms with E-state index in [9.17, 15) is 9.59 Å². The van der Waals surface area contributed by atoms with Gasteiger partial charge in [-0.2, -0.15) is 0 Å². The zero-order valence-corrected chi connectivity index (χ0v) is 15.4. The average molecular weight is 363 g/mol. The van der Waals surface area contributed by atoms with E-state index in [2.05, 4.69) is 10.3 Å². The first-order valence-electron chi connectivity index (χ1n) is 9.81. The minimum absolute atomic E-state index is 0.0858. The molecule has 1 fully saturated rings. The van der Waals surface area contributed by atoms with Crippen LogP contribution in [0.25, 0.3) is 0 Å². The van der Waals surface area contributed by atoms with Gasteiger partial charge in [0.25, 0.3) is 5.91 Å². The van der Waals surface area contributed by atoms with Crippen LogP contribution in [0.15, 0.2) is 48.7 Å². The van der Waals surface area contributed by atoms with Gasteiger partial charge in [-0.25, -0.2) is 0 Å². The number of pyridine rings is 1. The lowest BCUT2D eigenvalue weighted by Crippen LogP contribution is -2.42. The molecule has 2 amide bonds. The fraction of sp³-hybridized carbons (Fsp3) is 0.409. The summed E-state index contributed by atoms with van der Waals surface area (Å²) in [6.45, 7) is 0.534. The Bertz CT molecular complexity index is 815. The number of amides is 2. The summed E-state index contributed by atoms with van der Waals surface area (Å²) in [5, 5.41) is 2.97. The van der Waals surface area contributed by atoms with Crippen LogP contribution in [-0.2, 0) is 11.3 Å². The maximum atomic E-state index is 13.3. The standard InChI is InChI=1S/C22H25N3O2/c26-21(14-20-18-11-4-5-12-19(18)22(27)24-20)25(17-9-2-1-3-10-17)15-16-8-6-7-13-23-16/h4-8,11-13,17,20H,1-3,9-10,14-15H2,(H,24,27). The summed E-state index contributed by atoms with van der Waals surface area (Å²) < 4.78 is 0. The Morgan fingerprint density at radius 2 is 1.85 bits per heavy atom. The third-order valence-corrected chi connectivity index (χ3v) is 5.66. The van der Waals surface area contributed by atoms with Crippen molar-refractivity contribution >= 4 is 11.8 Å². The predicted molar refractivity (Wildman–Crippen MR) is 103 cm³/mol. The summed E-state index contributed by atoms with van der Waals surface area (Å²) in [5.74, 6) is 0.00639. The van der Waals surface area contributed by atoms with Crippen LogP contribution < -0.4 is 5.32 Å². The van der Waals surface area contributed by atoms with Crippen LogP contribution in [0.2, 0.25) is 0 Å². The largest absolute Gasteiger partial charge is 0.345 e. The zero-order valence-electron chi connectivity index (χ0n) is 15.4. The third kappa shape index (κ3) is 3.87. The summed E-state index contributed by atoms with van der Waals surface area (Å²) in [7, 11) is 0. The smallest absolute Gasteiger partial charge is 0.252 e. The molecule has 1 atom stereocenters. The van der Waals surface area contributed by atoms with Crippen molar-refractivity contribution in [3.63, 3.8) is 0 Å². The lowest BCUT2D eigenvalue weighted by molar-refractivity contribution is -0.135. The molecule has 0 saturated heterocycles. The van der Waals surface area contributed by atoms with Gasteiger partial charge in [0.15, 0.2) is 0 Å². The lowest BCUT2D eigenvalue weighted by Gasteiger charge is -2.35. The number of carbonyl (C=O) groups is 2. The molecular weight excluding hydrogens is 338 g/mol. The van der Waals surface area contributed by atoms with Crippen molar-refractivity contribution in [2.24, 2.45) is 0 Å². The summed E-state index contributed by atoms with van der Waals surface area (Å²) in [5.41, 5.74) is 2.52. The number of benzene rings is 1. The van der Waals surface area contributed by atoms with E-state index in [-0.39, 0.29) is 23.9 Å². The minimum Gasteiger partial charge on any atom is -0.345 e. The number of aromatic nitrogens is 1. The van der Waals surface area contributed by atoms with Gasteiger partial charge in [-0.1, -0.05) is 43.5 Å². The van der Waals surface area contributed by atoms with Gasteiger partial charge >= 0.3 is 0 Å². The first-order chi connectivity index (χ1) is 13.2. The second-order valence-corrected chi connectivity index (χ2v) is 7.45. The summed E-state index contributed by atoms with van der Waals surface area (Å²) in [6.07, 6.45) is 7.74. The Morgan fingerprint density at radius 1 is 1.07 bits per heavy atom. The molecule has 1 aliphatic carbocycles. The molecule has 4 rings (SSSR count). The third-order valence-electron chi connectivity index (χ3n) is 5.66. The van der Waals surface area contributed by atoms with Crippen molar-refractivity contribution in [2.75, 3.05) is 0 Å². The summed E-state index contributed by atoms with van der Waals surface area (Å²) in [4.78, 5) is 31.8. The van der Waals surface area contributed by atoms with Crippen LogP contribution in [0.1, 0.15) is 66.2 Å². The number of rotatable bonds is 5. The molecule has 1 N–H and O–H groups in total. The monoisotopic (exact) mass is 363 g/mol. The van der Waals surface area contributed by atoms with E-state index < -0.39 is 0 Å². The number of nitrogens with one attached hydrogen (secondary N) is 1. The van der Waals surface area contributed by atoms with E-state index in [0.717, 1.165) is 24.1 Å². The maximum absolute atomic E-state index is 13.3. The average Bonchev–Trinajstić information content (AvgIpc) is 3.03. The van der Waals surface area contributed by atoms with Gasteiger partial charge in [0, 0.05) is 17.8 Å². The van der Waals surface area contributed by atoms with E-state index in [1.807, 2.05) is 47.4 Å². The molecule has 0 spiro atoms. The van der Waals surface area contributed by atoms with Gasteiger partial charge in [0.2, 0.25) is 5.91 Å². The Morgan fingerprint density at radius 3 is 2.63 bits per heavy atom. The van der Waals surface area contributed by atoms with E-state index in [4.69, 9.17) is 0 Å². The molecule has 27 heavy (non-hydrogen) atoms. The van der Waals surface area contributed by atoms with Crippen LogP contribution in [0.3, 0.4) is 0 Å². The Labute approximate surface area is 159 Å². The van der Waals surface area contributed by atoms with E-state index in [1.54, 1.807) is 6.20 Å². The second-order valence-electron chi connectivity index (χ2n) is 7.45. The van der Waals surface area contributed by atoms with Crippen LogP contribution in [0, 0.1) is 0 Å². The van der Waals surface area contributed by atoms with E-state index in [0.29, 0.717) is 18.5 Å². The van der Waals surface area contributed by atoms with Crippen LogP contribution in [0.5, 0.6) is 0 Å². The quantitative estimate of drug-likeness (QED) is 0.882. The topological polar surface area (TPSA) is 62.3 Å². The first kappa shape index (κ1) is 17.7. The highest BCUT2D eigenvalue weighted by molar-refractivity contribution is 5.99. The summed E-state index contributed by atoms with van der Waals surface area (Å²) >= 11 is 0. The zero-order chi connectivity index (χ0) is 18.6. The molecule has 0 radical (unpaired) electrons. The molecule has 2 aliphatic rings. The highest BCUT2D eigenvalue weighted by Gasteiger charge is 2.33. The van der Waals surface area contributed by atoms with Crippen molar-refractivity contribution in [3.05, 3.63) is 65.5 Å². The van der Waals surface area contributed by atoms with Crippen LogP contribution in [0.4, 0.5) is 0 Å². The van der Waals surface area contributed by atoms with Crippen molar-refractivity contribution < 1.29 is 9.59 Å². The van der Waals surface area contributed by atoms with Crippen molar-refractivity contribution in [1.82, 2.24) is 15.2 Å². The fourth-order valence-corrected chi connectivity index (χ4v) is 4.25. The van der Waals surface area contributed by atoms with Gasteiger partial charge in [-0.15, -0.1) is 0 Å². The molecular formula is C22H25N3O2. The molecule has 2 aromatic rings. The molecule has 0 bridgehead atoms. The molecule has 1 saturated carbocycles. The van der Waals surface area contributed by atoms with Gasteiger partial charge in [-0.05, 0) is 36.6 Å². The molecule has 1 unspecified atom stereocenters.